The normalized spacial score (nSPS) is 10.9. The number of hydrogen-bond acceptors (Lipinski definition) is 4. The van der Waals surface area contributed by atoms with E-state index in [1.807, 2.05) is 0 Å². The summed E-state index contributed by atoms with van der Waals surface area (Å²) in [6.45, 7) is 0.361. The van der Waals surface area contributed by atoms with Crippen LogP contribution in [0.25, 0.3) is 10.9 Å². The smallest absolute Gasteiger partial charge is 0.341 e. The van der Waals surface area contributed by atoms with Crippen molar-refractivity contribution in [2.24, 2.45) is 0 Å². The van der Waals surface area contributed by atoms with Crippen molar-refractivity contribution in [3.05, 3.63) is 57.4 Å². The summed E-state index contributed by atoms with van der Waals surface area (Å²) in [6, 6.07) is 4.61. The Kier molecular flexibility index (Phi) is 3.19. The van der Waals surface area contributed by atoms with Gasteiger partial charge in [-0.1, -0.05) is 11.6 Å². The number of aromatic nitrogens is 4. The van der Waals surface area contributed by atoms with Crippen molar-refractivity contribution in [1.82, 2.24) is 19.7 Å². The van der Waals surface area contributed by atoms with Crippen molar-refractivity contribution in [2.45, 2.75) is 6.54 Å². The summed E-state index contributed by atoms with van der Waals surface area (Å²) in [5, 5.41) is 14.0. The van der Waals surface area contributed by atoms with Gasteiger partial charge in [0.1, 0.15) is 18.2 Å². The van der Waals surface area contributed by atoms with Gasteiger partial charge in [-0.15, -0.1) is 0 Å². The molecule has 0 amide bonds. The van der Waals surface area contributed by atoms with E-state index in [4.69, 9.17) is 16.7 Å². The number of rotatable bonds is 3. The molecule has 0 radical (unpaired) electrons. The van der Waals surface area contributed by atoms with Gasteiger partial charge in [0.2, 0.25) is 0 Å². The molecule has 0 bridgehead atoms. The summed E-state index contributed by atoms with van der Waals surface area (Å²) < 4.78 is 1.58. The molecular formula is C13H9ClN4O3. The van der Waals surface area contributed by atoms with Crippen LogP contribution in [0.5, 0.6) is 0 Å². The lowest BCUT2D eigenvalue weighted by molar-refractivity contribution is 0.0695. The van der Waals surface area contributed by atoms with Gasteiger partial charge in [-0.05, 0) is 23.8 Å². The Morgan fingerprint density at radius 3 is 2.86 bits per heavy atom. The lowest BCUT2D eigenvalue weighted by atomic mass is 10.1. The lowest BCUT2D eigenvalue weighted by Crippen LogP contribution is -2.17. The summed E-state index contributed by atoms with van der Waals surface area (Å²) in [5.41, 5.74) is 0.274. The van der Waals surface area contributed by atoms with Gasteiger partial charge in [-0.3, -0.25) is 4.79 Å². The van der Waals surface area contributed by atoms with Crippen LogP contribution in [0, 0.1) is 0 Å². The summed E-state index contributed by atoms with van der Waals surface area (Å²) in [6.07, 6.45) is 2.94. The van der Waals surface area contributed by atoms with Crippen LogP contribution in [0.2, 0.25) is 5.02 Å². The maximum Gasteiger partial charge on any atom is 0.341 e. The third-order valence-corrected chi connectivity index (χ3v) is 3.25. The molecule has 0 saturated heterocycles. The predicted octanol–water partition coefficient (Wildman–Crippen LogP) is 1.52. The molecule has 8 heteroatoms. The highest BCUT2D eigenvalue weighted by Gasteiger charge is 2.13. The number of H-pyrrole nitrogens is 1. The van der Waals surface area contributed by atoms with Gasteiger partial charge in [0.25, 0.3) is 5.56 Å². The number of fused-ring (bicyclic) bond motifs is 1. The van der Waals surface area contributed by atoms with Gasteiger partial charge in [0.15, 0.2) is 0 Å². The number of carboxylic acid groups (broad SMARTS) is 1. The maximum absolute atomic E-state index is 11.8. The van der Waals surface area contributed by atoms with Gasteiger partial charge in [-0.25, -0.2) is 14.5 Å². The van der Waals surface area contributed by atoms with Crippen molar-refractivity contribution in [1.29, 1.82) is 0 Å². The molecule has 0 spiro atoms. The van der Waals surface area contributed by atoms with E-state index in [-0.39, 0.29) is 5.56 Å². The number of pyridine rings is 1. The molecule has 21 heavy (non-hydrogen) atoms. The molecule has 3 rings (SSSR count). The number of nitrogens with one attached hydrogen (secondary N) is 1. The van der Waals surface area contributed by atoms with Crippen LogP contribution in [-0.4, -0.2) is 30.8 Å². The third kappa shape index (κ3) is 2.50. The predicted molar refractivity (Wildman–Crippen MR) is 75.7 cm³/mol. The Bertz CT molecular complexity index is 886. The first kappa shape index (κ1) is 13.3. The average molecular weight is 305 g/mol. The fraction of sp³-hybridized carbons (Fsp3) is 0.0769. The zero-order valence-electron chi connectivity index (χ0n) is 10.6. The second kappa shape index (κ2) is 5.02. The lowest BCUT2D eigenvalue weighted by Gasteiger charge is -2.08. The summed E-state index contributed by atoms with van der Waals surface area (Å²) >= 11 is 6.05. The molecule has 2 N–H and O–H groups in total. The van der Waals surface area contributed by atoms with Crippen LogP contribution in [0.15, 0.2) is 35.6 Å². The van der Waals surface area contributed by atoms with E-state index in [2.05, 4.69) is 15.1 Å². The standard InChI is InChI=1S/C13H9ClN4O3/c14-9-1-7-3-10(13(20)21)12(19)17-11(7)8(2-9)4-18-6-15-5-16-18/h1-3,5-6H,4H2,(H,17,19)(H,20,21). The fourth-order valence-electron chi connectivity index (χ4n) is 2.13. The van der Waals surface area contributed by atoms with E-state index in [1.54, 1.807) is 16.8 Å². The Balaban J connectivity index is 2.22. The van der Waals surface area contributed by atoms with Crippen molar-refractivity contribution in [3.63, 3.8) is 0 Å². The molecule has 0 atom stereocenters. The van der Waals surface area contributed by atoms with E-state index in [0.717, 1.165) is 5.56 Å². The number of benzene rings is 1. The minimum absolute atomic E-state index is 0.323. The number of nitrogens with zero attached hydrogens (tertiary/aromatic N) is 3. The SMILES string of the molecule is O=C(O)c1cc2cc(Cl)cc(Cn3cncn3)c2[nH]c1=O. The van der Waals surface area contributed by atoms with Crippen molar-refractivity contribution < 1.29 is 9.90 Å². The van der Waals surface area contributed by atoms with Crippen LogP contribution in [0.4, 0.5) is 0 Å². The fourth-order valence-corrected chi connectivity index (χ4v) is 2.38. The van der Waals surface area contributed by atoms with Crippen LogP contribution >= 0.6 is 11.6 Å². The minimum Gasteiger partial charge on any atom is -0.477 e. The number of carboxylic acids is 1. The molecule has 2 heterocycles. The Morgan fingerprint density at radius 2 is 2.19 bits per heavy atom. The van der Waals surface area contributed by atoms with Crippen molar-refractivity contribution >= 4 is 28.5 Å². The zero-order valence-corrected chi connectivity index (χ0v) is 11.3. The Labute approximate surface area is 122 Å². The van der Waals surface area contributed by atoms with E-state index in [0.29, 0.717) is 22.5 Å². The topological polar surface area (TPSA) is 101 Å². The molecule has 0 aliphatic rings. The largest absolute Gasteiger partial charge is 0.477 e. The maximum atomic E-state index is 11.8. The molecule has 3 aromatic rings. The first-order chi connectivity index (χ1) is 10.0. The number of aromatic carboxylic acids is 1. The Hall–Kier alpha value is -2.67. The quantitative estimate of drug-likeness (QED) is 0.764. The van der Waals surface area contributed by atoms with Gasteiger partial charge in [-0.2, -0.15) is 5.10 Å². The van der Waals surface area contributed by atoms with Crippen LogP contribution in [-0.2, 0) is 6.54 Å². The Morgan fingerprint density at radius 1 is 1.38 bits per heavy atom. The molecule has 1 aromatic carbocycles. The number of carbonyl (C=O) groups is 1. The van der Waals surface area contributed by atoms with Gasteiger partial charge >= 0.3 is 5.97 Å². The molecule has 0 aliphatic heterocycles. The summed E-state index contributed by atoms with van der Waals surface area (Å²) in [5.74, 6) is -1.28. The van der Waals surface area contributed by atoms with Gasteiger partial charge in [0, 0.05) is 10.4 Å². The average Bonchev–Trinajstić information content (AvgIpc) is 2.91. The first-order valence-corrected chi connectivity index (χ1v) is 6.33. The number of halogens is 1. The highest BCUT2D eigenvalue weighted by molar-refractivity contribution is 6.31. The third-order valence-electron chi connectivity index (χ3n) is 3.03. The molecule has 0 fully saturated rings. The van der Waals surface area contributed by atoms with Crippen molar-refractivity contribution in [3.8, 4) is 0 Å². The van der Waals surface area contributed by atoms with E-state index >= 15 is 0 Å². The highest BCUT2D eigenvalue weighted by Crippen LogP contribution is 2.23. The molecular weight excluding hydrogens is 296 g/mol. The molecule has 7 nitrogen and oxygen atoms in total. The second-order valence-corrected chi connectivity index (χ2v) is 4.88. The minimum atomic E-state index is -1.28. The van der Waals surface area contributed by atoms with E-state index in [9.17, 15) is 9.59 Å². The number of hydrogen-bond donors (Lipinski definition) is 2. The molecule has 0 unspecified atom stereocenters. The van der Waals surface area contributed by atoms with E-state index in [1.165, 1.54) is 18.7 Å². The zero-order chi connectivity index (χ0) is 15.0. The monoisotopic (exact) mass is 304 g/mol. The van der Waals surface area contributed by atoms with Gasteiger partial charge in [0.05, 0.1) is 12.1 Å². The van der Waals surface area contributed by atoms with Crippen LogP contribution in [0.1, 0.15) is 15.9 Å². The first-order valence-electron chi connectivity index (χ1n) is 5.96. The molecule has 0 aliphatic carbocycles. The summed E-state index contributed by atoms with van der Waals surface area (Å²) in [7, 11) is 0. The molecule has 106 valence electrons. The van der Waals surface area contributed by atoms with Crippen LogP contribution < -0.4 is 5.56 Å². The van der Waals surface area contributed by atoms with Gasteiger partial charge < -0.3 is 10.1 Å². The number of aromatic amines is 1. The second-order valence-electron chi connectivity index (χ2n) is 4.44. The highest BCUT2D eigenvalue weighted by atomic mass is 35.5. The van der Waals surface area contributed by atoms with Crippen molar-refractivity contribution in [2.75, 3.05) is 0 Å². The van der Waals surface area contributed by atoms with E-state index < -0.39 is 11.5 Å². The summed E-state index contributed by atoms with van der Waals surface area (Å²) in [4.78, 5) is 29.3. The van der Waals surface area contributed by atoms with Crippen LogP contribution in [0.3, 0.4) is 0 Å². The molecule has 2 aromatic heterocycles. The molecule has 0 saturated carbocycles.